The molecule has 0 fully saturated rings. The third kappa shape index (κ3) is 5.35. The summed E-state index contributed by atoms with van der Waals surface area (Å²) in [6, 6.07) is 64.4. The second-order valence-corrected chi connectivity index (χ2v) is 16.5. The number of para-hydroxylation sites is 3. The number of fused-ring (bicyclic) bond motifs is 11. The number of amidine groups is 1. The Kier molecular flexibility index (Phi) is 7.58. The molecule has 0 amide bonds. The number of hydrogen-bond donors (Lipinski definition) is 0. The number of rotatable bonds is 4. The normalized spacial score (nSPS) is 15.8. The summed E-state index contributed by atoms with van der Waals surface area (Å²) in [7, 11) is 0. The molecule has 0 bridgehead atoms. The minimum absolute atomic E-state index is 0.0925. The minimum atomic E-state index is 0.0925. The van der Waals surface area contributed by atoms with E-state index in [9.17, 15) is 0 Å². The fourth-order valence-electron chi connectivity index (χ4n) is 9.79. The first-order valence-electron chi connectivity index (χ1n) is 21.3. The number of hydrogen-bond acceptors (Lipinski definition) is 4. The van der Waals surface area contributed by atoms with E-state index in [4.69, 9.17) is 18.8 Å². The Hall–Kier alpha value is -8.02. The Bertz CT molecular complexity index is 3930. The van der Waals surface area contributed by atoms with Gasteiger partial charge >= 0.3 is 0 Å². The van der Waals surface area contributed by atoms with Crippen molar-refractivity contribution in [1.82, 2.24) is 4.57 Å². The third-order valence-corrected chi connectivity index (χ3v) is 12.8. The predicted molar refractivity (Wildman–Crippen MR) is 258 cm³/mol. The molecule has 12 aromatic rings. The molecule has 0 N–H and O–H groups in total. The van der Waals surface area contributed by atoms with Crippen LogP contribution in [0.2, 0.25) is 0 Å². The van der Waals surface area contributed by atoms with Crippen LogP contribution in [0.4, 0.5) is 0 Å². The van der Waals surface area contributed by atoms with Gasteiger partial charge in [0.05, 0.1) is 28.1 Å². The standard InChI is InChI=1S/C57H37N3O2/c1-34-22-28-47(39-25-26-43-42-17-7-10-20-51(42)61-53(43)33-39)58-57(59-55(34)40-24-23-35-12-2-3-13-36(35)30-40)45-27-29-49(56-54(45)44-18-8-11-21-52(44)62-56)60-48-19-9-6-16-41(48)46-31-37-14-4-5-15-38(37)32-50(46)60/h2-21,23-34H,22H2,1H3/b47-28+,58-57?,59-55?. The molecule has 0 saturated heterocycles. The summed E-state index contributed by atoms with van der Waals surface area (Å²) in [5.74, 6) is 0.724. The van der Waals surface area contributed by atoms with Crippen LogP contribution in [-0.4, -0.2) is 16.1 Å². The highest BCUT2D eigenvalue weighted by Crippen LogP contribution is 2.42. The van der Waals surface area contributed by atoms with Gasteiger partial charge in [0.1, 0.15) is 16.7 Å². The van der Waals surface area contributed by atoms with E-state index in [1.807, 2.05) is 18.2 Å². The van der Waals surface area contributed by atoms with Gasteiger partial charge in [0, 0.05) is 49.4 Å². The van der Waals surface area contributed by atoms with Gasteiger partial charge in [0.15, 0.2) is 11.4 Å². The first-order chi connectivity index (χ1) is 30.6. The van der Waals surface area contributed by atoms with E-state index in [0.717, 1.165) is 95.1 Å². The molecule has 3 aromatic heterocycles. The average molecular weight is 796 g/mol. The molecule has 13 rings (SSSR count). The zero-order valence-corrected chi connectivity index (χ0v) is 33.8. The van der Waals surface area contributed by atoms with E-state index in [1.54, 1.807) is 0 Å². The second-order valence-electron chi connectivity index (χ2n) is 16.5. The molecule has 1 unspecified atom stereocenters. The van der Waals surface area contributed by atoms with Crippen LogP contribution >= 0.6 is 0 Å². The summed E-state index contributed by atoms with van der Waals surface area (Å²) in [5, 5.41) is 11.4. The quantitative estimate of drug-likeness (QED) is 0.178. The van der Waals surface area contributed by atoms with Crippen LogP contribution in [0, 0.1) is 5.92 Å². The first kappa shape index (κ1) is 34.8. The van der Waals surface area contributed by atoms with Crippen LogP contribution in [0.3, 0.4) is 0 Å². The molecular formula is C57H37N3O2. The second kappa shape index (κ2) is 13.5. The number of furan rings is 2. The molecule has 1 aliphatic rings. The van der Waals surface area contributed by atoms with Crippen LogP contribution < -0.4 is 0 Å². The van der Waals surface area contributed by atoms with Crippen LogP contribution in [-0.2, 0) is 0 Å². The summed E-state index contributed by atoms with van der Waals surface area (Å²) < 4.78 is 15.8. The van der Waals surface area contributed by atoms with Crippen molar-refractivity contribution < 1.29 is 8.83 Å². The summed E-state index contributed by atoms with van der Waals surface area (Å²) in [6.07, 6.45) is 3.03. The maximum absolute atomic E-state index is 7.00. The van der Waals surface area contributed by atoms with Gasteiger partial charge < -0.3 is 13.4 Å². The van der Waals surface area contributed by atoms with E-state index < -0.39 is 0 Å². The molecule has 1 atom stereocenters. The Morgan fingerprint density at radius 3 is 1.98 bits per heavy atom. The number of benzene rings is 9. The van der Waals surface area contributed by atoms with Crippen molar-refractivity contribution in [2.75, 3.05) is 0 Å². The zero-order valence-electron chi connectivity index (χ0n) is 33.8. The van der Waals surface area contributed by atoms with Crippen LogP contribution in [0.1, 0.15) is 30.0 Å². The lowest BCUT2D eigenvalue weighted by Crippen LogP contribution is -2.17. The smallest absolute Gasteiger partial charge is 0.160 e. The van der Waals surface area contributed by atoms with Gasteiger partial charge in [-0.25, -0.2) is 9.98 Å². The van der Waals surface area contributed by atoms with Gasteiger partial charge in [-0.1, -0.05) is 134 Å². The molecule has 0 spiro atoms. The van der Waals surface area contributed by atoms with Gasteiger partial charge in [0.25, 0.3) is 0 Å². The highest BCUT2D eigenvalue weighted by molar-refractivity contribution is 6.25. The van der Waals surface area contributed by atoms with Gasteiger partial charge in [-0.3, -0.25) is 0 Å². The summed E-state index contributed by atoms with van der Waals surface area (Å²) in [4.78, 5) is 11.2. The average Bonchev–Trinajstić information content (AvgIpc) is 3.99. The molecule has 0 radical (unpaired) electrons. The Balaban J connectivity index is 1.08. The van der Waals surface area contributed by atoms with Gasteiger partial charge in [-0.15, -0.1) is 0 Å². The molecule has 1 aliphatic heterocycles. The fraction of sp³-hybridized carbons (Fsp3) is 0.0526. The van der Waals surface area contributed by atoms with Crippen molar-refractivity contribution in [2.45, 2.75) is 13.3 Å². The summed E-state index contributed by atoms with van der Waals surface area (Å²) >= 11 is 0. The van der Waals surface area contributed by atoms with Crippen LogP contribution in [0.25, 0.3) is 98.6 Å². The maximum atomic E-state index is 7.00. The maximum Gasteiger partial charge on any atom is 0.160 e. The molecule has 0 aliphatic carbocycles. The molecule has 62 heavy (non-hydrogen) atoms. The van der Waals surface area contributed by atoms with Crippen molar-refractivity contribution in [2.24, 2.45) is 15.9 Å². The largest absolute Gasteiger partial charge is 0.456 e. The predicted octanol–water partition coefficient (Wildman–Crippen LogP) is 15.2. The molecule has 4 heterocycles. The topological polar surface area (TPSA) is 55.9 Å². The zero-order chi connectivity index (χ0) is 40.9. The molecule has 0 saturated carbocycles. The van der Waals surface area contributed by atoms with Crippen molar-refractivity contribution in [3.05, 3.63) is 205 Å². The van der Waals surface area contributed by atoms with E-state index in [0.29, 0.717) is 5.84 Å². The third-order valence-electron chi connectivity index (χ3n) is 12.8. The van der Waals surface area contributed by atoms with Crippen molar-refractivity contribution in [3.63, 3.8) is 0 Å². The van der Waals surface area contributed by atoms with E-state index in [2.05, 4.69) is 181 Å². The molecule has 5 heteroatoms. The van der Waals surface area contributed by atoms with Gasteiger partial charge in [-0.2, -0.15) is 0 Å². The van der Waals surface area contributed by atoms with Crippen LogP contribution in [0.5, 0.6) is 0 Å². The summed E-state index contributed by atoms with van der Waals surface area (Å²) in [6.45, 7) is 2.27. The Morgan fingerprint density at radius 1 is 0.484 bits per heavy atom. The fourth-order valence-corrected chi connectivity index (χ4v) is 9.79. The molecule has 5 nitrogen and oxygen atoms in total. The first-order valence-corrected chi connectivity index (χ1v) is 21.3. The number of nitrogens with zero attached hydrogens (tertiary/aromatic N) is 3. The molecular weight excluding hydrogens is 759 g/mol. The van der Waals surface area contributed by atoms with E-state index >= 15 is 0 Å². The van der Waals surface area contributed by atoms with E-state index in [-0.39, 0.29) is 5.92 Å². The lowest BCUT2D eigenvalue weighted by Gasteiger charge is -2.19. The number of aliphatic imine (C=N–C) groups is 2. The highest BCUT2D eigenvalue weighted by Gasteiger charge is 2.25. The van der Waals surface area contributed by atoms with Crippen molar-refractivity contribution in [3.8, 4) is 5.69 Å². The van der Waals surface area contributed by atoms with E-state index in [1.165, 1.54) is 32.3 Å². The SMILES string of the molecule is CC1C/C=C(\c2ccc3c(c2)oc2ccccc23)N=C(c2ccc(-n3c4ccccc4c4cc5ccccc5cc43)c3oc4ccccc4c23)N=C1c1ccc2ccccc2c1. The summed E-state index contributed by atoms with van der Waals surface area (Å²) in [5.41, 5.74) is 11.3. The van der Waals surface area contributed by atoms with Gasteiger partial charge in [-0.05, 0) is 94.2 Å². The minimum Gasteiger partial charge on any atom is -0.456 e. The molecule has 9 aromatic carbocycles. The monoisotopic (exact) mass is 795 g/mol. The van der Waals surface area contributed by atoms with Crippen molar-refractivity contribution in [1.29, 1.82) is 0 Å². The Labute approximate surface area is 356 Å². The Morgan fingerprint density at radius 2 is 1.15 bits per heavy atom. The lowest BCUT2D eigenvalue weighted by molar-refractivity contribution is 0.666. The highest BCUT2D eigenvalue weighted by atomic mass is 16.3. The number of aromatic nitrogens is 1. The van der Waals surface area contributed by atoms with Gasteiger partial charge in [0.2, 0.25) is 0 Å². The molecule has 292 valence electrons. The number of allylic oxidation sites excluding steroid dienone is 1. The van der Waals surface area contributed by atoms with Crippen molar-refractivity contribution >= 4 is 104 Å². The lowest BCUT2D eigenvalue weighted by atomic mass is 9.92. The van der Waals surface area contributed by atoms with Crippen LogP contribution in [0.15, 0.2) is 207 Å².